The number of aromatic nitrogens is 1. The number of benzene rings is 2. The molecule has 8 heteroatoms. The Bertz CT molecular complexity index is 1120. The Balaban J connectivity index is 1.45. The molecule has 0 radical (unpaired) electrons. The Kier molecular flexibility index (Phi) is 7.35. The first-order valence-electron chi connectivity index (χ1n) is 11.4. The Labute approximate surface area is 197 Å². The second-order valence-corrected chi connectivity index (χ2v) is 8.25. The molecule has 1 aromatic heterocycles. The lowest BCUT2D eigenvalue weighted by Crippen LogP contribution is -2.41. The minimum Gasteiger partial charge on any atom is -0.382 e. The van der Waals surface area contributed by atoms with Gasteiger partial charge in [-0.1, -0.05) is 42.5 Å². The number of nitrogens with zero attached hydrogens (tertiary/aromatic N) is 2. The molecule has 0 saturated carbocycles. The number of rotatable bonds is 6. The molecule has 2 N–H and O–H groups in total. The third-order valence-electron chi connectivity index (χ3n) is 5.75. The van der Waals surface area contributed by atoms with Gasteiger partial charge in [-0.3, -0.25) is 4.90 Å². The molecule has 2 amide bonds. The second-order valence-electron chi connectivity index (χ2n) is 8.25. The molecule has 1 aliphatic heterocycles. The van der Waals surface area contributed by atoms with Gasteiger partial charge in [-0.2, -0.15) is 13.2 Å². The summed E-state index contributed by atoms with van der Waals surface area (Å²) in [5, 5.41) is 6.22. The van der Waals surface area contributed by atoms with Crippen molar-refractivity contribution < 1.29 is 18.0 Å². The van der Waals surface area contributed by atoms with Crippen molar-refractivity contribution >= 4 is 17.5 Å². The molecule has 5 nitrogen and oxygen atoms in total. The van der Waals surface area contributed by atoms with Gasteiger partial charge in [0.1, 0.15) is 0 Å². The molecular weight excluding hydrogens is 441 g/mol. The highest BCUT2D eigenvalue weighted by atomic mass is 19.4. The van der Waals surface area contributed by atoms with Crippen LogP contribution >= 0.6 is 0 Å². The van der Waals surface area contributed by atoms with E-state index in [0.29, 0.717) is 42.4 Å². The highest BCUT2D eigenvalue weighted by molar-refractivity contribution is 5.95. The minimum atomic E-state index is -4.43. The fourth-order valence-electron chi connectivity index (χ4n) is 3.96. The van der Waals surface area contributed by atoms with Crippen molar-refractivity contribution in [2.75, 3.05) is 29.9 Å². The fourth-order valence-corrected chi connectivity index (χ4v) is 3.96. The lowest BCUT2D eigenvalue weighted by molar-refractivity contribution is -0.137. The van der Waals surface area contributed by atoms with Gasteiger partial charge in [0.2, 0.25) is 0 Å². The van der Waals surface area contributed by atoms with Crippen molar-refractivity contribution in [3.05, 3.63) is 77.9 Å². The second kappa shape index (κ2) is 10.6. The van der Waals surface area contributed by atoms with Crippen LogP contribution in [0.5, 0.6) is 0 Å². The van der Waals surface area contributed by atoms with E-state index in [-0.39, 0.29) is 6.03 Å². The van der Waals surface area contributed by atoms with E-state index in [9.17, 15) is 18.0 Å². The topological polar surface area (TPSA) is 57.3 Å². The lowest BCUT2D eigenvalue weighted by Gasteiger charge is -2.22. The summed E-state index contributed by atoms with van der Waals surface area (Å²) < 4.78 is 39.5. The molecule has 0 bridgehead atoms. The number of hydrogen-bond acceptors (Lipinski definition) is 3. The summed E-state index contributed by atoms with van der Waals surface area (Å²) in [4.78, 5) is 19.1. The summed E-state index contributed by atoms with van der Waals surface area (Å²) in [6.45, 7) is 1.69. The van der Waals surface area contributed by atoms with Gasteiger partial charge < -0.3 is 10.6 Å². The summed E-state index contributed by atoms with van der Waals surface area (Å²) in [5.74, 6) is 0.425. The molecule has 3 aromatic rings. The molecule has 0 atom stereocenters. The van der Waals surface area contributed by atoms with Crippen molar-refractivity contribution in [3.63, 3.8) is 0 Å². The Morgan fingerprint density at radius 2 is 1.85 bits per heavy atom. The summed E-state index contributed by atoms with van der Waals surface area (Å²) in [5.41, 5.74) is 1.96. The van der Waals surface area contributed by atoms with Gasteiger partial charge in [0.05, 0.1) is 16.9 Å². The molecular formula is C26H27F3N4O. The van der Waals surface area contributed by atoms with Crippen LogP contribution in [0.4, 0.5) is 29.5 Å². The number of carbonyl (C=O) groups excluding carboxylic acids is 1. The van der Waals surface area contributed by atoms with E-state index in [1.165, 1.54) is 11.6 Å². The SMILES string of the molecule is O=C(NCCCCc1ccccc1)N1CCCNc2ccc(-c3cccc(C(F)(F)F)c3)nc21. The molecule has 178 valence electrons. The Hall–Kier alpha value is -3.55. The molecule has 0 unspecified atom stereocenters. The zero-order valence-electron chi connectivity index (χ0n) is 18.7. The number of halogens is 3. The maximum Gasteiger partial charge on any atom is 0.416 e. The highest BCUT2D eigenvalue weighted by Crippen LogP contribution is 2.34. The quantitative estimate of drug-likeness (QED) is 0.429. The first-order chi connectivity index (χ1) is 16.4. The fraction of sp³-hybridized carbons (Fsp3) is 0.308. The summed E-state index contributed by atoms with van der Waals surface area (Å²) >= 11 is 0. The van der Waals surface area contributed by atoms with E-state index >= 15 is 0 Å². The van der Waals surface area contributed by atoms with Crippen molar-refractivity contribution in [3.8, 4) is 11.3 Å². The third kappa shape index (κ3) is 5.87. The number of urea groups is 1. The number of amides is 2. The molecule has 0 spiro atoms. The van der Waals surface area contributed by atoms with Crippen LogP contribution in [0.15, 0.2) is 66.7 Å². The number of unbranched alkanes of at least 4 members (excludes halogenated alkanes) is 1. The standard InChI is InChI=1S/C26H27F3N4O/c27-26(28,29)21-12-6-11-20(18-21)22-13-14-23-24(32-22)33(17-7-16-30-23)25(34)31-15-5-4-10-19-8-2-1-3-9-19/h1-3,6,8-9,11-14,18,30H,4-5,7,10,15-17H2,(H,31,34). The molecule has 0 fully saturated rings. The summed E-state index contributed by atoms with van der Waals surface area (Å²) in [6.07, 6.45) is -0.945. The maximum absolute atomic E-state index is 13.2. The number of carbonyl (C=O) groups is 1. The van der Waals surface area contributed by atoms with Gasteiger partial charge in [-0.05, 0) is 55.5 Å². The third-order valence-corrected chi connectivity index (χ3v) is 5.75. The number of nitrogens with one attached hydrogen (secondary N) is 2. The van der Waals surface area contributed by atoms with Gasteiger partial charge >= 0.3 is 12.2 Å². The molecule has 2 heterocycles. The highest BCUT2D eigenvalue weighted by Gasteiger charge is 2.31. The van der Waals surface area contributed by atoms with Crippen LogP contribution in [0.2, 0.25) is 0 Å². The predicted octanol–water partition coefficient (Wildman–Crippen LogP) is 6.12. The monoisotopic (exact) mass is 468 g/mol. The summed E-state index contributed by atoms with van der Waals surface area (Å²) in [7, 11) is 0. The first kappa shape index (κ1) is 23.6. The normalized spacial score (nSPS) is 13.6. The average molecular weight is 469 g/mol. The smallest absolute Gasteiger partial charge is 0.382 e. The lowest BCUT2D eigenvalue weighted by atomic mass is 10.1. The molecule has 2 aromatic carbocycles. The van der Waals surface area contributed by atoms with E-state index in [4.69, 9.17) is 0 Å². The Morgan fingerprint density at radius 1 is 1.03 bits per heavy atom. The number of alkyl halides is 3. The first-order valence-corrected chi connectivity index (χ1v) is 11.4. The van der Waals surface area contributed by atoms with Crippen LogP contribution in [0, 0.1) is 0 Å². The largest absolute Gasteiger partial charge is 0.416 e. The zero-order valence-corrected chi connectivity index (χ0v) is 18.7. The number of fused-ring (bicyclic) bond motifs is 1. The van der Waals surface area contributed by atoms with Gasteiger partial charge in [-0.15, -0.1) is 0 Å². The van der Waals surface area contributed by atoms with Crippen molar-refractivity contribution in [2.24, 2.45) is 0 Å². The number of aryl methyl sites for hydroxylation is 1. The van der Waals surface area contributed by atoms with Crippen LogP contribution in [-0.2, 0) is 12.6 Å². The van der Waals surface area contributed by atoms with Crippen LogP contribution in [0.25, 0.3) is 11.3 Å². The van der Waals surface area contributed by atoms with E-state index in [2.05, 4.69) is 27.8 Å². The van der Waals surface area contributed by atoms with Crippen molar-refractivity contribution in [2.45, 2.75) is 31.9 Å². The average Bonchev–Trinajstić information content (AvgIpc) is 3.06. The van der Waals surface area contributed by atoms with Gasteiger partial charge in [0.25, 0.3) is 0 Å². The molecule has 34 heavy (non-hydrogen) atoms. The van der Waals surface area contributed by atoms with Crippen LogP contribution in [0.3, 0.4) is 0 Å². The van der Waals surface area contributed by atoms with Crippen molar-refractivity contribution in [1.29, 1.82) is 0 Å². The van der Waals surface area contributed by atoms with Gasteiger partial charge in [-0.25, -0.2) is 9.78 Å². The van der Waals surface area contributed by atoms with Gasteiger partial charge in [0, 0.05) is 25.2 Å². The van der Waals surface area contributed by atoms with E-state index < -0.39 is 11.7 Å². The number of hydrogen-bond donors (Lipinski definition) is 2. The molecule has 4 rings (SSSR count). The minimum absolute atomic E-state index is 0.252. The molecule has 0 saturated heterocycles. The zero-order chi connectivity index (χ0) is 24.0. The van der Waals surface area contributed by atoms with Crippen LogP contribution in [0.1, 0.15) is 30.4 Å². The van der Waals surface area contributed by atoms with E-state index in [1.54, 1.807) is 23.1 Å². The maximum atomic E-state index is 13.2. The predicted molar refractivity (Wildman–Crippen MR) is 128 cm³/mol. The number of anilines is 2. The summed E-state index contributed by atoms with van der Waals surface area (Å²) in [6, 6.07) is 18.5. The van der Waals surface area contributed by atoms with Crippen LogP contribution in [-0.4, -0.2) is 30.6 Å². The number of pyridine rings is 1. The van der Waals surface area contributed by atoms with Gasteiger partial charge in [0.15, 0.2) is 5.82 Å². The molecule has 1 aliphatic rings. The van der Waals surface area contributed by atoms with Crippen molar-refractivity contribution in [1.82, 2.24) is 10.3 Å². The van der Waals surface area contributed by atoms with E-state index in [1.807, 2.05) is 18.2 Å². The van der Waals surface area contributed by atoms with Crippen LogP contribution < -0.4 is 15.5 Å². The molecule has 0 aliphatic carbocycles. The Morgan fingerprint density at radius 3 is 2.65 bits per heavy atom. The van der Waals surface area contributed by atoms with E-state index in [0.717, 1.165) is 37.8 Å².